The minimum atomic E-state index is -1.01. The van der Waals surface area contributed by atoms with E-state index in [0.29, 0.717) is 11.5 Å². The fraction of sp³-hybridized carbons (Fsp3) is 0.300. The van der Waals surface area contributed by atoms with Crippen LogP contribution < -0.4 is 9.47 Å². The topological polar surface area (TPSA) is 78.7 Å². The lowest BCUT2D eigenvalue weighted by molar-refractivity contribution is 0.0696. The van der Waals surface area contributed by atoms with Crippen molar-refractivity contribution in [2.45, 2.75) is 0 Å². The maximum Gasteiger partial charge on any atom is 0.335 e. The number of hydrogen-bond donors (Lipinski definition) is 1. The van der Waals surface area contributed by atoms with E-state index in [9.17, 15) is 4.79 Å². The van der Waals surface area contributed by atoms with Crippen LogP contribution in [0.25, 0.3) is 0 Å². The lowest BCUT2D eigenvalue weighted by Gasteiger charge is -2.09. The van der Waals surface area contributed by atoms with Gasteiger partial charge >= 0.3 is 5.97 Å². The first-order chi connectivity index (χ1) is 7.19. The molecule has 0 bridgehead atoms. The number of hydrogen-bond acceptors (Lipinski definition) is 3. The molecule has 5 heteroatoms. The van der Waals surface area contributed by atoms with E-state index < -0.39 is 5.97 Å². The van der Waals surface area contributed by atoms with Crippen molar-refractivity contribution in [1.82, 2.24) is 0 Å². The van der Waals surface area contributed by atoms with Gasteiger partial charge in [0.1, 0.15) is 0 Å². The van der Waals surface area contributed by atoms with Gasteiger partial charge in [0.05, 0.1) is 12.7 Å². The van der Waals surface area contributed by atoms with Crippen LogP contribution in [-0.2, 0) is 0 Å². The Labute approximate surface area is 86.9 Å². The fourth-order valence-corrected chi connectivity index (χ4v) is 1.08. The maximum atomic E-state index is 10.7. The van der Waals surface area contributed by atoms with Crippen molar-refractivity contribution >= 4 is 5.97 Å². The highest BCUT2D eigenvalue weighted by Gasteiger charge is 2.09. The predicted octanol–water partition coefficient (Wildman–Crippen LogP) is 0.497. The van der Waals surface area contributed by atoms with Gasteiger partial charge in [-0.25, -0.2) is 4.79 Å². The zero-order valence-electron chi connectivity index (χ0n) is 8.32. The van der Waals surface area contributed by atoms with Crippen molar-refractivity contribution in [3.8, 4) is 11.5 Å². The number of rotatable bonds is 5. The molecule has 0 aliphatic carbocycles. The largest absolute Gasteiger partial charge is 0.493 e. The Kier molecular flexibility index (Phi) is 3.93. The predicted molar refractivity (Wildman–Crippen MR) is 53.9 cm³/mol. The standard InChI is InChI=1S/C10H12O5/c1-14-9-6-7(10(12)13)2-3-8(9)15-5-4-11/h2-3,6,11H,4-5H2,1H3,(H,12,13)/p+1. The van der Waals surface area contributed by atoms with Gasteiger partial charge in [0, 0.05) is 0 Å². The average molecular weight is 213 g/mol. The van der Waals surface area contributed by atoms with Crippen molar-refractivity contribution < 1.29 is 24.5 Å². The van der Waals surface area contributed by atoms with Gasteiger partial charge in [-0.3, -0.25) is 0 Å². The molecule has 3 N–H and O–H groups in total. The first-order valence-electron chi connectivity index (χ1n) is 4.37. The van der Waals surface area contributed by atoms with Crippen LogP contribution in [0.15, 0.2) is 18.2 Å². The Hall–Kier alpha value is -1.75. The van der Waals surface area contributed by atoms with Gasteiger partial charge in [-0.1, -0.05) is 0 Å². The van der Waals surface area contributed by atoms with E-state index >= 15 is 0 Å². The number of benzene rings is 1. The average Bonchev–Trinajstić information content (AvgIpc) is 2.25. The Bertz CT molecular complexity index is 348. The summed E-state index contributed by atoms with van der Waals surface area (Å²) >= 11 is 0. The molecule has 0 atom stereocenters. The van der Waals surface area contributed by atoms with E-state index in [1.54, 1.807) is 0 Å². The lowest BCUT2D eigenvalue weighted by Crippen LogP contribution is -2.04. The summed E-state index contributed by atoms with van der Waals surface area (Å²) in [7, 11) is 1.44. The minimum absolute atomic E-state index is 0.143. The third kappa shape index (κ3) is 2.85. The highest BCUT2D eigenvalue weighted by Crippen LogP contribution is 2.27. The monoisotopic (exact) mass is 213 g/mol. The molecular weight excluding hydrogens is 200 g/mol. The summed E-state index contributed by atoms with van der Waals surface area (Å²) in [6, 6.07) is 4.35. The van der Waals surface area contributed by atoms with Crippen molar-refractivity contribution in [3.05, 3.63) is 23.8 Å². The van der Waals surface area contributed by atoms with Gasteiger partial charge in [-0.2, -0.15) is 0 Å². The molecule has 1 aromatic carbocycles. The Morgan fingerprint density at radius 3 is 2.73 bits per heavy atom. The van der Waals surface area contributed by atoms with Crippen LogP contribution in [0.4, 0.5) is 0 Å². The second kappa shape index (κ2) is 5.21. The van der Waals surface area contributed by atoms with Crippen molar-refractivity contribution in [2.75, 3.05) is 20.3 Å². The summed E-state index contributed by atoms with van der Waals surface area (Å²) < 4.78 is 10.2. The van der Waals surface area contributed by atoms with Crippen LogP contribution in [0.3, 0.4) is 0 Å². The van der Waals surface area contributed by atoms with E-state index in [-0.39, 0.29) is 18.8 Å². The van der Waals surface area contributed by atoms with Gasteiger partial charge in [0.25, 0.3) is 0 Å². The molecule has 15 heavy (non-hydrogen) atoms. The molecule has 0 saturated carbocycles. The number of carboxylic acid groups (broad SMARTS) is 1. The number of ether oxygens (including phenoxy) is 2. The number of carboxylic acids is 1. The lowest BCUT2D eigenvalue weighted by atomic mass is 10.2. The molecule has 5 nitrogen and oxygen atoms in total. The molecule has 0 aliphatic heterocycles. The molecular formula is C10H13O5+. The van der Waals surface area contributed by atoms with E-state index in [0.717, 1.165) is 0 Å². The van der Waals surface area contributed by atoms with Crippen LogP contribution in [0.2, 0.25) is 0 Å². The van der Waals surface area contributed by atoms with Crippen LogP contribution in [0.1, 0.15) is 10.4 Å². The van der Waals surface area contributed by atoms with E-state index in [2.05, 4.69) is 0 Å². The molecule has 0 amide bonds. The smallest absolute Gasteiger partial charge is 0.335 e. The van der Waals surface area contributed by atoms with Gasteiger partial charge in [-0.05, 0) is 18.2 Å². The van der Waals surface area contributed by atoms with E-state index in [1.807, 2.05) is 0 Å². The number of aromatic carboxylic acids is 1. The normalized spacial score (nSPS) is 9.73. The maximum absolute atomic E-state index is 10.7. The highest BCUT2D eigenvalue weighted by molar-refractivity contribution is 5.88. The molecule has 0 saturated heterocycles. The Morgan fingerprint density at radius 2 is 2.20 bits per heavy atom. The molecule has 0 radical (unpaired) electrons. The first kappa shape index (κ1) is 11.3. The van der Waals surface area contributed by atoms with Gasteiger partial charge in [0.15, 0.2) is 24.7 Å². The van der Waals surface area contributed by atoms with Gasteiger partial charge < -0.3 is 19.7 Å². The van der Waals surface area contributed by atoms with Gasteiger partial charge in [0.2, 0.25) is 0 Å². The molecule has 1 rings (SSSR count). The third-order valence-electron chi connectivity index (χ3n) is 1.77. The number of methoxy groups -OCH3 is 1. The molecule has 0 fully saturated rings. The highest BCUT2D eigenvalue weighted by atomic mass is 16.5. The summed E-state index contributed by atoms with van der Waals surface area (Å²) in [6.45, 7) is 0.395. The van der Waals surface area contributed by atoms with Gasteiger partial charge in [-0.15, -0.1) is 0 Å². The van der Waals surface area contributed by atoms with Crippen molar-refractivity contribution in [2.24, 2.45) is 0 Å². The second-order valence-electron chi connectivity index (χ2n) is 2.77. The molecule has 0 aromatic heterocycles. The summed E-state index contributed by atoms with van der Waals surface area (Å²) in [6.07, 6.45) is 0. The van der Waals surface area contributed by atoms with E-state index in [1.165, 1.54) is 25.3 Å². The van der Waals surface area contributed by atoms with Crippen molar-refractivity contribution in [1.29, 1.82) is 0 Å². The van der Waals surface area contributed by atoms with E-state index in [4.69, 9.17) is 19.7 Å². The summed E-state index contributed by atoms with van der Waals surface area (Å²) in [4.78, 5) is 10.7. The minimum Gasteiger partial charge on any atom is -0.493 e. The molecule has 82 valence electrons. The Balaban J connectivity index is 2.93. The van der Waals surface area contributed by atoms with Crippen LogP contribution in [0, 0.1) is 0 Å². The molecule has 0 aliphatic rings. The second-order valence-corrected chi connectivity index (χ2v) is 2.77. The zero-order chi connectivity index (χ0) is 11.3. The quantitative estimate of drug-likeness (QED) is 0.722. The van der Waals surface area contributed by atoms with Crippen LogP contribution in [-0.4, -0.2) is 36.5 Å². The summed E-state index contributed by atoms with van der Waals surface area (Å²) in [5.74, 6) is -0.196. The summed E-state index contributed by atoms with van der Waals surface area (Å²) in [5.41, 5.74) is 0.144. The van der Waals surface area contributed by atoms with Crippen LogP contribution >= 0.6 is 0 Å². The molecule has 0 unspecified atom stereocenters. The summed E-state index contributed by atoms with van der Waals surface area (Å²) in [5, 5.41) is 15.7. The zero-order valence-corrected chi connectivity index (χ0v) is 8.32. The molecule has 1 aromatic rings. The molecule has 0 heterocycles. The fourth-order valence-electron chi connectivity index (χ4n) is 1.08. The first-order valence-corrected chi connectivity index (χ1v) is 4.37. The van der Waals surface area contributed by atoms with Crippen LogP contribution in [0.5, 0.6) is 11.5 Å². The third-order valence-corrected chi connectivity index (χ3v) is 1.77. The molecule has 0 spiro atoms. The SMILES string of the molecule is COc1cc(C(=O)O)ccc1OCC[OH2+]. The van der Waals surface area contributed by atoms with Crippen molar-refractivity contribution in [3.63, 3.8) is 0 Å². The number of carbonyl (C=O) groups is 1. The Morgan fingerprint density at radius 1 is 1.47 bits per heavy atom.